The summed E-state index contributed by atoms with van der Waals surface area (Å²) in [5.74, 6) is 1.20. The number of amides is 1. The lowest BCUT2D eigenvalue weighted by molar-refractivity contribution is -0.116. The minimum Gasteiger partial charge on any atom is -0.356 e. The molecule has 0 aliphatic rings. The highest BCUT2D eigenvalue weighted by atomic mass is 16.1. The van der Waals surface area contributed by atoms with E-state index >= 15 is 0 Å². The van der Waals surface area contributed by atoms with Crippen LogP contribution >= 0.6 is 0 Å². The van der Waals surface area contributed by atoms with Crippen molar-refractivity contribution in [2.45, 2.75) is 73.0 Å². The SMILES string of the molecule is CN=C(NCCCN(C(C)C)C(C)C)NCc1cccc(NC(=O)CC(C)C)c1. The van der Waals surface area contributed by atoms with Crippen molar-refractivity contribution < 1.29 is 4.79 Å². The zero-order valence-electron chi connectivity index (χ0n) is 19.4. The second-order valence-electron chi connectivity index (χ2n) is 8.48. The minimum atomic E-state index is 0.0550. The maximum absolute atomic E-state index is 12.0. The smallest absolute Gasteiger partial charge is 0.224 e. The summed E-state index contributed by atoms with van der Waals surface area (Å²) in [5, 5.41) is 9.70. The molecule has 3 N–H and O–H groups in total. The summed E-state index contributed by atoms with van der Waals surface area (Å²) in [4.78, 5) is 18.8. The molecule has 0 aliphatic heterocycles. The lowest BCUT2D eigenvalue weighted by Crippen LogP contribution is -2.41. The molecule has 164 valence electrons. The first-order valence-electron chi connectivity index (χ1n) is 10.8. The fraction of sp³-hybridized carbons (Fsp3) is 0.652. The van der Waals surface area contributed by atoms with Gasteiger partial charge in [0.25, 0.3) is 0 Å². The van der Waals surface area contributed by atoms with Crippen LogP contribution in [-0.2, 0) is 11.3 Å². The Morgan fingerprint density at radius 3 is 2.34 bits per heavy atom. The zero-order valence-corrected chi connectivity index (χ0v) is 19.4. The molecule has 1 amide bonds. The maximum Gasteiger partial charge on any atom is 0.224 e. The molecular formula is C23H41N5O. The number of benzene rings is 1. The van der Waals surface area contributed by atoms with E-state index in [2.05, 4.69) is 53.5 Å². The number of hydrogen-bond donors (Lipinski definition) is 3. The number of rotatable bonds is 11. The number of nitrogens with zero attached hydrogens (tertiary/aromatic N) is 2. The van der Waals surface area contributed by atoms with Crippen molar-refractivity contribution in [2.24, 2.45) is 10.9 Å². The van der Waals surface area contributed by atoms with Gasteiger partial charge in [0.1, 0.15) is 0 Å². The predicted molar refractivity (Wildman–Crippen MR) is 124 cm³/mol. The molecule has 0 aliphatic carbocycles. The molecule has 0 unspecified atom stereocenters. The molecule has 0 saturated carbocycles. The molecule has 0 aromatic heterocycles. The van der Waals surface area contributed by atoms with E-state index in [1.807, 2.05) is 38.1 Å². The van der Waals surface area contributed by atoms with Crippen LogP contribution in [0.25, 0.3) is 0 Å². The van der Waals surface area contributed by atoms with Gasteiger partial charge in [-0.1, -0.05) is 26.0 Å². The molecule has 0 atom stereocenters. The Kier molecular flexibility index (Phi) is 11.4. The van der Waals surface area contributed by atoms with Gasteiger partial charge in [-0.25, -0.2) is 0 Å². The van der Waals surface area contributed by atoms with E-state index in [4.69, 9.17) is 0 Å². The number of anilines is 1. The van der Waals surface area contributed by atoms with E-state index < -0.39 is 0 Å². The Balaban J connectivity index is 2.44. The van der Waals surface area contributed by atoms with E-state index in [1.165, 1.54) is 0 Å². The Morgan fingerprint density at radius 1 is 1.07 bits per heavy atom. The van der Waals surface area contributed by atoms with Crippen molar-refractivity contribution in [1.29, 1.82) is 0 Å². The summed E-state index contributed by atoms with van der Waals surface area (Å²) < 4.78 is 0. The lowest BCUT2D eigenvalue weighted by Gasteiger charge is -2.30. The molecule has 29 heavy (non-hydrogen) atoms. The molecule has 1 aromatic rings. The number of carbonyl (C=O) groups is 1. The van der Waals surface area contributed by atoms with Crippen LogP contribution in [0, 0.1) is 5.92 Å². The van der Waals surface area contributed by atoms with Gasteiger partial charge in [0.05, 0.1) is 0 Å². The van der Waals surface area contributed by atoms with Crippen LogP contribution in [0.4, 0.5) is 5.69 Å². The van der Waals surface area contributed by atoms with E-state index in [1.54, 1.807) is 7.05 Å². The van der Waals surface area contributed by atoms with Gasteiger partial charge in [-0.2, -0.15) is 0 Å². The van der Waals surface area contributed by atoms with Gasteiger partial charge in [-0.3, -0.25) is 14.7 Å². The molecule has 1 aromatic carbocycles. The zero-order chi connectivity index (χ0) is 21.8. The monoisotopic (exact) mass is 403 g/mol. The molecule has 0 radical (unpaired) electrons. The van der Waals surface area contributed by atoms with Crippen LogP contribution in [0.1, 0.15) is 59.9 Å². The van der Waals surface area contributed by atoms with Crippen LogP contribution in [0.15, 0.2) is 29.3 Å². The van der Waals surface area contributed by atoms with Crippen molar-refractivity contribution >= 4 is 17.6 Å². The molecule has 6 nitrogen and oxygen atoms in total. The van der Waals surface area contributed by atoms with Crippen LogP contribution in [0.5, 0.6) is 0 Å². The first-order chi connectivity index (χ1) is 13.7. The summed E-state index contributed by atoms with van der Waals surface area (Å²) in [7, 11) is 1.78. The average Bonchev–Trinajstić information content (AvgIpc) is 2.62. The van der Waals surface area contributed by atoms with E-state index in [-0.39, 0.29) is 5.91 Å². The Morgan fingerprint density at radius 2 is 1.76 bits per heavy atom. The number of hydrogen-bond acceptors (Lipinski definition) is 3. The van der Waals surface area contributed by atoms with Crippen LogP contribution in [-0.4, -0.2) is 49.0 Å². The van der Waals surface area contributed by atoms with Gasteiger partial charge in [0.2, 0.25) is 5.91 Å². The van der Waals surface area contributed by atoms with Gasteiger partial charge in [-0.15, -0.1) is 0 Å². The highest BCUT2D eigenvalue weighted by Gasteiger charge is 2.12. The molecule has 0 fully saturated rings. The van der Waals surface area contributed by atoms with Crippen LogP contribution in [0.3, 0.4) is 0 Å². The normalized spacial score (nSPS) is 12.2. The van der Waals surface area contributed by atoms with Gasteiger partial charge in [0.15, 0.2) is 5.96 Å². The average molecular weight is 404 g/mol. The van der Waals surface area contributed by atoms with Gasteiger partial charge < -0.3 is 16.0 Å². The largest absolute Gasteiger partial charge is 0.356 e. The minimum absolute atomic E-state index is 0.0550. The van der Waals surface area contributed by atoms with Gasteiger partial charge in [0, 0.05) is 50.9 Å². The Bertz CT molecular complexity index is 632. The van der Waals surface area contributed by atoms with E-state index in [0.717, 1.165) is 36.7 Å². The highest BCUT2D eigenvalue weighted by molar-refractivity contribution is 5.90. The summed E-state index contributed by atoms with van der Waals surface area (Å²) >= 11 is 0. The number of carbonyl (C=O) groups excluding carboxylic acids is 1. The van der Waals surface area contributed by atoms with Gasteiger partial charge in [-0.05, 0) is 57.7 Å². The second kappa shape index (κ2) is 13.2. The molecule has 6 heteroatoms. The van der Waals surface area contributed by atoms with Gasteiger partial charge >= 0.3 is 0 Å². The fourth-order valence-corrected chi connectivity index (χ4v) is 3.33. The third-order valence-corrected chi connectivity index (χ3v) is 4.70. The molecule has 0 saturated heterocycles. The Hall–Kier alpha value is -2.08. The molecule has 0 bridgehead atoms. The van der Waals surface area contributed by atoms with E-state index in [9.17, 15) is 4.79 Å². The quantitative estimate of drug-likeness (QED) is 0.298. The maximum atomic E-state index is 12.0. The second-order valence-corrected chi connectivity index (χ2v) is 8.48. The van der Waals surface area contributed by atoms with Crippen molar-refractivity contribution in [3.05, 3.63) is 29.8 Å². The molecule has 0 heterocycles. The molecular weight excluding hydrogens is 362 g/mol. The topological polar surface area (TPSA) is 68.8 Å². The third kappa shape index (κ3) is 10.3. The molecule has 1 rings (SSSR count). The summed E-state index contributed by atoms with van der Waals surface area (Å²) in [5.41, 5.74) is 1.93. The summed E-state index contributed by atoms with van der Waals surface area (Å²) in [6.07, 6.45) is 1.60. The first kappa shape index (κ1) is 25.0. The van der Waals surface area contributed by atoms with E-state index in [0.29, 0.717) is 31.0 Å². The van der Waals surface area contributed by atoms with Crippen molar-refractivity contribution in [3.63, 3.8) is 0 Å². The van der Waals surface area contributed by atoms with Crippen molar-refractivity contribution in [2.75, 3.05) is 25.5 Å². The summed E-state index contributed by atoms with van der Waals surface area (Å²) in [6, 6.07) is 9.04. The highest BCUT2D eigenvalue weighted by Crippen LogP contribution is 2.12. The standard InChI is InChI=1S/C23H41N5O/c1-17(2)14-22(29)27-21-11-8-10-20(15-21)16-26-23(24-7)25-12-9-13-28(18(3)4)19(5)6/h8,10-11,15,17-19H,9,12-14,16H2,1-7H3,(H,27,29)(H2,24,25,26). The van der Waals surface area contributed by atoms with Crippen LogP contribution in [0.2, 0.25) is 0 Å². The molecule has 0 spiro atoms. The third-order valence-electron chi connectivity index (χ3n) is 4.70. The van der Waals surface area contributed by atoms with Crippen LogP contribution < -0.4 is 16.0 Å². The van der Waals surface area contributed by atoms with Crippen molar-refractivity contribution in [3.8, 4) is 0 Å². The summed E-state index contributed by atoms with van der Waals surface area (Å²) in [6.45, 7) is 15.7. The number of guanidine groups is 1. The van der Waals surface area contributed by atoms with Crippen molar-refractivity contribution in [1.82, 2.24) is 15.5 Å². The first-order valence-corrected chi connectivity index (χ1v) is 10.8. The number of nitrogens with one attached hydrogen (secondary N) is 3. The Labute approximate surface area is 177 Å². The number of aliphatic imine (C=N–C) groups is 1. The predicted octanol–water partition coefficient (Wildman–Crippen LogP) is 3.85. The lowest BCUT2D eigenvalue weighted by atomic mass is 10.1. The fourth-order valence-electron chi connectivity index (χ4n) is 3.33.